The van der Waals surface area contributed by atoms with E-state index >= 15 is 0 Å². The highest BCUT2D eigenvalue weighted by atomic mass is 16.5. The molecular weight excluding hydrogens is 238 g/mol. The van der Waals surface area contributed by atoms with Crippen molar-refractivity contribution in [2.24, 2.45) is 5.92 Å². The maximum atomic E-state index is 9.84. The number of nitrogens with zero attached hydrogens (tertiary/aromatic N) is 1. The lowest BCUT2D eigenvalue weighted by molar-refractivity contribution is 0.110. The zero-order valence-electron chi connectivity index (χ0n) is 12.0. The second-order valence-electron chi connectivity index (χ2n) is 5.62. The van der Waals surface area contributed by atoms with Gasteiger partial charge in [-0.1, -0.05) is 18.6 Å². The Balaban J connectivity index is 1.74. The summed E-state index contributed by atoms with van der Waals surface area (Å²) in [7, 11) is 3.84. The molecule has 0 amide bonds. The number of aliphatic hydroxyl groups is 1. The number of hydrogen-bond donors (Lipinski definition) is 1. The van der Waals surface area contributed by atoms with E-state index in [0.717, 1.165) is 31.7 Å². The van der Waals surface area contributed by atoms with Gasteiger partial charge in [0.1, 0.15) is 5.75 Å². The summed E-state index contributed by atoms with van der Waals surface area (Å²) in [5, 5.41) is 9.84. The lowest BCUT2D eigenvalue weighted by Gasteiger charge is -2.23. The van der Waals surface area contributed by atoms with Crippen LogP contribution in [0.2, 0.25) is 0 Å². The van der Waals surface area contributed by atoms with Gasteiger partial charge < -0.3 is 14.7 Å². The maximum absolute atomic E-state index is 9.84. The molecule has 19 heavy (non-hydrogen) atoms. The van der Waals surface area contributed by atoms with E-state index in [0.29, 0.717) is 5.92 Å². The SMILES string of the molecule is COc1ccc(CCN(C)CC2CCCC2O)cc1. The van der Waals surface area contributed by atoms with Gasteiger partial charge in [0.05, 0.1) is 13.2 Å². The second-order valence-corrected chi connectivity index (χ2v) is 5.62. The quantitative estimate of drug-likeness (QED) is 0.855. The van der Waals surface area contributed by atoms with Crippen molar-refractivity contribution in [3.05, 3.63) is 29.8 Å². The van der Waals surface area contributed by atoms with Gasteiger partial charge in [0.15, 0.2) is 0 Å². The fraction of sp³-hybridized carbons (Fsp3) is 0.625. The van der Waals surface area contributed by atoms with Crippen molar-refractivity contribution in [1.29, 1.82) is 0 Å². The van der Waals surface area contributed by atoms with Crippen molar-refractivity contribution in [2.45, 2.75) is 31.8 Å². The molecule has 0 aliphatic heterocycles. The first kappa shape index (κ1) is 14.4. The number of aliphatic hydroxyl groups excluding tert-OH is 1. The third kappa shape index (κ3) is 4.22. The van der Waals surface area contributed by atoms with Crippen LogP contribution in [-0.4, -0.2) is 43.4 Å². The molecule has 1 saturated carbocycles. The van der Waals surface area contributed by atoms with Gasteiger partial charge in [0.2, 0.25) is 0 Å². The van der Waals surface area contributed by atoms with Crippen LogP contribution in [0, 0.1) is 5.92 Å². The standard InChI is InChI=1S/C16H25NO2/c1-17(12-14-4-3-5-16(14)18)11-10-13-6-8-15(19-2)9-7-13/h6-9,14,16,18H,3-5,10-12H2,1-2H3. The van der Waals surface area contributed by atoms with Crippen LogP contribution in [0.4, 0.5) is 0 Å². The molecule has 1 aliphatic rings. The van der Waals surface area contributed by atoms with Crippen LogP contribution < -0.4 is 4.74 Å². The molecule has 1 aliphatic carbocycles. The molecule has 1 N–H and O–H groups in total. The lowest BCUT2D eigenvalue weighted by Crippen LogP contribution is -2.31. The molecule has 0 aromatic heterocycles. The monoisotopic (exact) mass is 263 g/mol. The Hall–Kier alpha value is -1.06. The van der Waals surface area contributed by atoms with E-state index < -0.39 is 0 Å². The molecule has 1 aromatic rings. The Morgan fingerprint density at radius 1 is 1.26 bits per heavy atom. The van der Waals surface area contributed by atoms with Gasteiger partial charge in [-0.2, -0.15) is 0 Å². The normalized spacial score (nSPS) is 22.9. The Morgan fingerprint density at radius 3 is 2.58 bits per heavy atom. The molecule has 0 bridgehead atoms. The van der Waals surface area contributed by atoms with Gasteiger partial charge in [-0.05, 0) is 49.9 Å². The molecule has 106 valence electrons. The molecule has 2 unspecified atom stereocenters. The number of ether oxygens (including phenoxy) is 1. The van der Waals surface area contributed by atoms with E-state index in [2.05, 4.69) is 24.1 Å². The first-order valence-corrected chi connectivity index (χ1v) is 7.18. The van der Waals surface area contributed by atoms with Crippen molar-refractivity contribution in [3.63, 3.8) is 0 Å². The predicted molar refractivity (Wildman–Crippen MR) is 77.5 cm³/mol. The van der Waals surface area contributed by atoms with Crippen LogP contribution in [0.15, 0.2) is 24.3 Å². The van der Waals surface area contributed by atoms with Crippen LogP contribution in [0.5, 0.6) is 5.75 Å². The summed E-state index contributed by atoms with van der Waals surface area (Å²) < 4.78 is 5.16. The fourth-order valence-electron chi connectivity index (χ4n) is 2.83. The summed E-state index contributed by atoms with van der Waals surface area (Å²) in [6.07, 6.45) is 4.30. The minimum Gasteiger partial charge on any atom is -0.497 e. The summed E-state index contributed by atoms with van der Waals surface area (Å²) >= 11 is 0. The Bertz CT molecular complexity index is 377. The largest absolute Gasteiger partial charge is 0.497 e. The summed E-state index contributed by atoms with van der Waals surface area (Å²) in [4.78, 5) is 2.34. The van der Waals surface area contributed by atoms with Crippen molar-refractivity contribution in [2.75, 3.05) is 27.2 Å². The van der Waals surface area contributed by atoms with Gasteiger partial charge in [-0.3, -0.25) is 0 Å². The van der Waals surface area contributed by atoms with Gasteiger partial charge in [-0.15, -0.1) is 0 Å². The average Bonchev–Trinajstić information content (AvgIpc) is 2.82. The Labute approximate surface area is 116 Å². The van der Waals surface area contributed by atoms with E-state index in [1.165, 1.54) is 18.4 Å². The minimum absolute atomic E-state index is 0.0802. The number of likely N-dealkylation sites (N-methyl/N-ethyl adjacent to an activating group) is 1. The second kappa shape index (κ2) is 6.92. The summed E-state index contributed by atoms with van der Waals surface area (Å²) in [6.45, 7) is 2.05. The number of hydrogen-bond acceptors (Lipinski definition) is 3. The maximum Gasteiger partial charge on any atom is 0.118 e. The molecule has 3 nitrogen and oxygen atoms in total. The Kier molecular flexibility index (Phi) is 5.23. The molecule has 1 aromatic carbocycles. The zero-order valence-corrected chi connectivity index (χ0v) is 12.0. The number of rotatable bonds is 6. The average molecular weight is 263 g/mol. The molecule has 1 fully saturated rings. The van der Waals surface area contributed by atoms with Crippen LogP contribution in [0.3, 0.4) is 0 Å². The predicted octanol–water partition coefficient (Wildman–Crippen LogP) is 2.33. The third-order valence-electron chi connectivity index (χ3n) is 4.11. The fourth-order valence-corrected chi connectivity index (χ4v) is 2.83. The molecule has 0 heterocycles. The van der Waals surface area contributed by atoms with Crippen LogP contribution in [0.25, 0.3) is 0 Å². The third-order valence-corrected chi connectivity index (χ3v) is 4.11. The molecular formula is C16H25NO2. The Morgan fingerprint density at radius 2 is 2.00 bits per heavy atom. The molecule has 0 spiro atoms. The van der Waals surface area contributed by atoms with Crippen LogP contribution >= 0.6 is 0 Å². The van der Waals surface area contributed by atoms with E-state index in [1.54, 1.807) is 7.11 Å². The molecule has 2 atom stereocenters. The van der Waals surface area contributed by atoms with E-state index in [-0.39, 0.29) is 6.10 Å². The van der Waals surface area contributed by atoms with Gasteiger partial charge in [0.25, 0.3) is 0 Å². The zero-order chi connectivity index (χ0) is 13.7. The summed E-state index contributed by atoms with van der Waals surface area (Å²) in [6, 6.07) is 8.26. The van der Waals surface area contributed by atoms with Crippen molar-refractivity contribution in [3.8, 4) is 5.75 Å². The van der Waals surface area contributed by atoms with Crippen LogP contribution in [-0.2, 0) is 6.42 Å². The molecule has 2 rings (SSSR count). The van der Waals surface area contributed by atoms with Crippen molar-refractivity contribution < 1.29 is 9.84 Å². The number of methoxy groups -OCH3 is 1. The van der Waals surface area contributed by atoms with E-state index in [4.69, 9.17) is 4.74 Å². The van der Waals surface area contributed by atoms with Crippen molar-refractivity contribution in [1.82, 2.24) is 4.90 Å². The highest BCUT2D eigenvalue weighted by molar-refractivity contribution is 5.27. The topological polar surface area (TPSA) is 32.7 Å². The van der Waals surface area contributed by atoms with E-state index in [1.807, 2.05) is 12.1 Å². The van der Waals surface area contributed by atoms with Gasteiger partial charge >= 0.3 is 0 Å². The minimum atomic E-state index is -0.0802. The molecule has 3 heteroatoms. The highest BCUT2D eigenvalue weighted by Gasteiger charge is 2.25. The highest BCUT2D eigenvalue weighted by Crippen LogP contribution is 2.26. The van der Waals surface area contributed by atoms with Crippen molar-refractivity contribution >= 4 is 0 Å². The molecule has 0 saturated heterocycles. The number of benzene rings is 1. The summed E-state index contributed by atoms with van der Waals surface area (Å²) in [5.41, 5.74) is 1.33. The summed E-state index contributed by atoms with van der Waals surface area (Å²) in [5.74, 6) is 1.38. The van der Waals surface area contributed by atoms with E-state index in [9.17, 15) is 5.11 Å². The lowest BCUT2D eigenvalue weighted by atomic mass is 10.1. The first-order chi connectivity index (χ1) is 9.19. The van der Waals surface area contributed by atoms with Gasteiger partial charge in [-0.25, -0.2) is 0 Å². The molecule has 0 radical (unpaired) electrons. The van der Waals surface area contributed by atoms with Crippen LogP contribution in [0.1, 0.15) is 24.8 Å². The smallest absolute Gasteiger partial charge is 0.118 e. The first-order valence-electron chi connectivity index (χ1n) is 7.18. The van der Waals surface area contributed by atoms with Gasteiger partial charge in [0, 0.05) is 13.1 Å².